The van der Waals surface area contributed by atoms with Crippen molar-refractivity contribution in [3.05, 3.63) is 47.7 Å². The summed E-state index contributed by atoms with van der Waals surface area (Å²) in [5, 5.41) is 0. The zero-order chi connectivity index (χ0) is 17.1. The molecule has 128 valence electrons. The first kappa shape index (κ1) is 16.4. The highest BCUT2D eigenvalue weighted by molar-refractivity contribution is 5.92. The van der Waals surface area contributed by atoms with E-state index in [0.717, 1.165) is 18.9 Å². The van der Waals surface area contributed by atoms with Gasteiger partial charge in [0.25, 0.3) is 5.91 Å². The van der Waals surface area contributed by atoms with Crippen molar-refractivity contribution < 1.29 is 22.7 Å². The summed E-state index contributed by atoms with van der Waals surface area (Å²) in [4.78, 5) is 18.2. The number of halogens is 2. The molecule has 24 heavy (non-hydrogen) atoms. The first-order chi connectivity index (χ1) is 11.5. The van der Waals surface area contributed by atoms with Gasteiger partial charge in [0.1, 0.15) is 6.26 Å². The minimum atomic E-state index is -1.07. The molecule has 2 aromatic rings. The van der Waals surface area contributed by atoms with Gasteiger partial charge in [0.05, 0.1) is 0 Å². The molecular formula is C17H18F2N2O3. The molecule has 7 heteroatoms. The summed E-state index contributed by atoms with van der Waals surface area (Å²) >= 11 is 0. The monoisotopic (exact) mass is 336 g/mol. The number of nitrogens with zero attached hydrogens (tertiary/aromatic N) is 2. The molecule has 1 atom stereocenters. The number of rotatable bonds is 4. The van der Waals surface area contributed by atoms with Crippen LogP contribution < -0.4 is 4.74 Å². The average Bonchev–Trinajstić information content (AvgIpc) is 3.04. The number of piperidine rings is 1. The molecule has 1 aromatic heterocycles. The number of benzene rings is 1. The fraction of sp³-hybridized carbons (Fsp3) is 0.412. The Bertz CT molecular complexity index is 732. The van der Waals surface area contributed by atoms with Crippen LogP contribution in [-0.2, 0) is 6.61 Å². The topological polar surface area (TPSA) is 55.6 Å². The number of hydrogen-bond donors (Lipinski definition) is 0. The van der Waals surface area contributed by atoms with Crippen molar-refractivity contribution in [2.75, 3.05) is 13.1 Å². The lowest BCUT2D eigenvalue weighted by atomic mass is 10.0. The molecule has 0 spiro atoms. The summed E-state index contributed by atoms with van der Waals surface area (Å²) in [6.45, 7) is 3.32. The molecule has 1 amide bonds. The number of likely N-dealkylation sites (tertiary alicyclic amines) is 1. The second-order valence-electron chi connectivity index (χ2n) is 5.97. The standard InChI is InChI=1S/C17H18F2N2O3/c1-11-4-3-7-21(8-11)17(22)13-9-24-15(20-13)10-23-14-6-2-5-12(18)16(14)19/h2,5-6,9,11H,3-4,7-8,10H2,1H3/t11-/m0/s1. The Kier molecular flexibility index (Phi) is 4.78. The first-order valence-corrected chi connectivity index (χ1v) is 7.85. The van der Waals surface area contributed by atoms with Crippen LogP contribution in [0.5, 0.6) is 5.75 Å². The van der Waals surface area contributed by atoms with Crippen molar-refractivity contribution in [1.29, 1.82) is 0 Å². The van der Waals surface area contributed by atoms with Crippen LogP contribution in [0.1, 0.15) is 36.1 Å². The van der Waals surface area contributed by atoms with Crippen molar-refractivity contribution in [2.45, 2.75) is 26.4 Å². The number of oxazole rings is 1. The SMILES string of the molecule is C[C@H]1CCCN(C(=O)c2coc(COc3cccc(F)c3F)n2)C1. The van der Waals surface area contributed by atoms with Gasteiger partial charge in [0, 0.05) is 13.1 Å². The van der Waals surface area contributed by atoms with E-state index in [1.54, 1.807) is 4.90 Å². The van der Waals surface area contributed by atoms with Crippen LogP contribution in [0.3, 0.4) is 0 Å². The van der Waals surface area contributed by atoms with Gasteiger partial charge in [-0.05, 0) is 30.9 Å². The maximum absolute atomic E-state index is 13.5. The molecule has 0 N–H and O–H groups in total. The third-order valence-corrected chi connectivity index (χ3v) is 3.98. The van der Waals surface area contributed by atoms with E-state index < -0.39 is 11.6 Å². The number of aromatic nitrogens is 1. The molecule has 2 heterocycles. The molecule has 5 nitrogen and oxygen atoms in total. The molecule has 1 aliphatic rings. The zero-order valence-corrected chi connectivity index (χ0v) is 13.3. The van der Waals surface area contributed by atoms with Crippen LogP contribution in [0.25, 0.3) is 0 Å². The molecule has 1 aromatic carbocycles. The maximum Gasteiger partial charge on any atom is 0.275 e. The lowest BCUT2D eigenvalue weighted by Gasteiger charge is -2.30. The smallest absolute Gasteiger partial charge is 0.275 e. The predicted octanol–water partition coefficient (Wildman–Crippen LogP) is 3.40. The van der Waals surface area contributed by atoms with E-state index in [1.807, 2.05) is 0 Å². The fourth-order valence-corrected chi connectivity index (χ4v) is 2.75. The van der Waals surface area contributed by atoms with Crippen LogP contribution in [0.2, 0.25) is 0 Å². The van der Waals surface area contributed by atoms with Crippen molar-refractivity contribution in [3.63, 3.8) is 0 Å². The maximum atomic E-state index is 13.5. The van der Waals surface area contributed by atoms with Crippen LogP contribution in [-0.4, -0.2) is 28.9 Å². The van der Waals surface area contributed by atoms with Gasteiger partial charge in [-0.3, -0.25) is 4.79 Å². The molecular weight excluding hydrogens is 318 g/mol. The van der Waals surface area contributed by atoms with E-state index in [0.29, 0.717) is 19.0 Å². The third kappa shape index (κ3) is 3.55. The predicted molar refractivity (Wildman–Crippen MR) is 81.5 cm³/mol. The minimum Gasteiger partial charge on any atom is -0.481 e. The van der Waals surface area contributed by atoms with Gasteiger partial charge in [-0.1, -0.05) is 13.0 Å². The minimum absolute atomic E-state index is 0.132. The van der Waals surface area contributed by atoms with E-state index in [1.165, 1.54) is 18.4 Å². The van der Waals surface area contributed by atoms with E-state index in [9.17, 15) is 13.6 Å². The molecule has 0 unspecified atom stereocenters. The summed E-state index contributed by atoms with van der Waals surface area (Å²) in [7, 11) is 0. The normalized spacial score (nSPS) is 17.8. The Morgan fingerprint density at radius 3 is 3.08 bits per heavy atom. The molecule has 0 radical (unpaired) electrons. The van der Waals surface area contributed by atoms with Gasteiger partial charge >= 0.3 is 0 Å². The van der Waals surface area contributed by atoms with E-state index in [-0.39, 0.29) is 29.8 Å². The van der Waals surface area contributed by atoms with Crippen LogP contribution in [0.4, 0.5) is 8.78 Å². The van der Waals surface area contributed by atoms with Crippen molar-refractivity contribution in [2.24, 2.45) is 5.92 Å². The van der Waals surface area contributed by atoms with Gasteiger partial charge < -0.3 is 14.1 Å². The summed E-state index contributed by atoms with van der Waals surface area (Å²) in [5.41, 5.74) is 0.197. The van der Waals surface area contributed by atoms with E-state index in [2.05, 4.69) is 11.9 Å². The molecule has 1 saturated heterocycles. The number of hydrogen-bond acceptors (Lipinski definition) is 4. The Labute approximate surface area is 138 Å². The van der Waals surface area contributed by atoms with Crippen LogP contribution >= 0.6 is 0 Å². The van der Waals surface area contributed by atoms with Crippen LogP contribution in [0.15, 0.2) is 28.9 Å². The van der Waals surface area contributed by atoms with Gasteiger partial charge in [-0.25, -0.2) is 9.37 Å². The fourth-order valence-electron chi connectivity index (χ4n) is 2.75. The highest BCUT2D eigenvalue weighted by atomic mass is 19.2. The molecule has 1 aliphatic heterocycles. The number of ether oxygens (including phenoxy) is 1. The number of carbonyl (C=O) groups excluding carboxylic acids is 1. The molecule has 1 fully saturated rings. The zero-order valence-electron chi connectivity index (χ0n) is 13.3. The number of carbonyl (C=O) groups is 1. The lowest BCUT2D eigenvalue weighted by Crippen LogP contribution is -2.39. The Balaban J connectivity index is 1.63. The number of amides is 1. The summed E-state index contributed by atoms with van der Waals surface area (Å²) in [6.07, 6.45) is 3.35. The highest BCUT2D eigenvalue weighted by Crippen LogP contribution is 2.21. The molecule has 0 bridgehead atoms. The summed E-state index contributed by atoms with van der Waals surface area (Å²) in [5.74, 6) is -1.88. The quantitative estimate of drug-likeness (QED) is 0.859. The van der Waals surface area contributed by atoms with Crippen molar-refractivity contribution in [1.82, 2.24) is 9.88 Å². The molecule has 0 saturated carbocycles. The average molecular weight is 336 g/mol. The van der Waals surface area contributed by atoms with E-state index in [4.69, 9.17) is 9.15 Å². The first-order valence-electron chi connectivity index (χ1n) is 7.85. The van der Waals surface area contributed by atoms with Gasteiger partial charge in [-0.2, -0.15) is 4.39 Å². The van der Waals surface area contributed by atoms with E-state index >= 15 is 0 Å². The highest BCUT2D eigenvalue weighted by Gasteiger charge is 2.24. The Hall–Kier alpha value is -2.44. The summed E-state index contributed by atoms with van der Waals surface area (Å²) < 4.78 is 37.0. The van der Waals surface area contributed by atoms with Crippen molar-refractivity contribution >= 4 is 5.91 Å². The Morgan fingerprint density at radius 1 is 1.46 bits per heavy atom. The lowest BCUT2D eigenvalue weighted by molar-refractivity contribution is 0.0677. The molecule has 3 rings (SSSR count). The second-order valence-corrected chi connectivity index (χ2v) is 5.97. The Morgan fingerprint density at radius 2 is 2.29 bits per heavy atom. The largest absolute Gasteiger partial charge is 0.481 e. The van der Waals surface area contributed by atoms with Gasteiger partial charge in [0.2, 0.25) is 11.7 Å². The summed E-state index contributed by atoms with van der Waals surface area (Å²) in [6, 6.07) is 3.65. The van der Waals surface area contributed by atoms with Gasteiger partial charge in [0.15, 0.2) is 23.9 Å². The molecule has 0 aliphatic carbocycles. The third-order valence-electron chi connectivity index (χ3n) is 3.98. The van der Waals surface area contributed by atoms with Crippen molar-refractivity contribution in [3.8, 4) is 5.75 Å². The second kappa shape index (κ2) is 6.98. The van der Waals surface area contributed by atoms with Crippen LogP contribution in [0, 0.1) is 17.6 Å². The van der Waals surface area contributed by atoms with Gasteiger partial charge in [-0.15, -0.1) is 0 Å².